The van der Waals surface area contributed by atoms with Gasteiger partial charge in [0.15, 0.2) is 0 Å². The summed E-state index contributed by atoms with van der Waals surface area (Å²) in [6.07, 6.45) is -4.48. The van der Waals surface area contributed by atoms with Gasteiger partial charge in [0, 0.05) is 18.7 Å². The number of rotatable bonds is 3. The number of hydrogen-bond acceptors (Lipinski definition) is 2. The standard InChI is InChI=1S/C24H22F3NO/c1-2-28-15-20-6-3-4-9-22(20)29-23(16-28)18-12-10-17(11-13-18)19-7-5-8-21(14-19)24(25,26)27/h3-14,23H,2,15-16H2,1H3. The van der Waals surface area contributed by atoms with Crippen LogP contribution in [0.5, 0.6) is 5.75 Å². The molecule has 0 radical (unpaired) electrons. The van der Waals surface area contributed by atoms with E-state index < -0.39 is 11.7 Å². The molecule has 0 amide bonds. The summed E-state index contributed by atoms with van der Waals surface area (Å²) >= 11 is 0. The maximum absolute atomic E-state index is 13.0. The van der Waals surface area contributed by atoms with E-state index >= 15 is 0 Å². The Morgan fingerprint density at radius 3 is 2.41 bits per heavy atom. The highest BCUT2D eigenvalue weighted by atomic mass is 19.4. The first-order valence-electron chi connectivity index (χ1n) is 9.68. The number of hydrogen-bond donors (Lipinski definition) is 0. The van der Waals surface area contributed by atoms with Gasteiger partial charge >= 0.3 is 6.18 Å². The molecule has 3 aromatic carbocycles. The van der Waals surface area contributed by atoms with E-state index in [1.807, 2.05) is 42.5 Å². The summed E-state index contributed by atoms with van der Waals surface area (Å²) < 4.78 is 45.3. The van der Waals surface area contributed by atoms with Gasteiger partial charge in [0.05, 0.1) is 5.56 Å². The molecule has 3 aromatic rings. The highest BCUT2D eigenvalue weighted by molar-refractivity contribution is 5.64. The second kappa shape index (κ2) is 7.91. The molecule has 150 valence electrons. The normalized spacial score (nSPS) is 17.3. The Morgan fingerprint density at radius 1 is 0.931 bits per heavy atom. The van der Waals surface area contributed by atoms with Crippen LogP contribution in [0.2, 0.25) is 0 Å². The fourth-order valence-corrected chi connectivity index (χ4v) is 3.66. The van der Waals surface area contributed by atoms with E-state index in [0.29, 0.717) is 5.56 Å². The number of alkyl halides is 3. The Bertz CT molecular complexity index is 982. The number of halogens is 3. The quantitative estimate of drug-likeness (QED) is 0.512. The summed E-state index contributed by atoms with van der Waals surface area (Å²) in [4.78, 5) is 2.33. The highest BCUT2D eigenvalue weighted by Crippen LogP contribution is 2.34. The molecule has 1 aliphatic heterocycles. The zero-order valence-corrected chi connectivity index (χ0v) is 16.1. The lowest BCUT2D eigenvalue weighted by Crippen LogP contribution is -2.27. The lowest BCUT2D eigenvalue weighted by atomic mass is 10.00. The molecule has 0 saturated heterocycles. The molecule has 0 N–H and O–H groups in total. The second-order valence-corrected chi connectivity index (χ2v) is 7.24. The molecule has 0 fully saturated rings. The van der Waals surface area contributed by atoms with E-state index in [2.05, 4.69) is 17.9 Å². The zero-order chi connectivity index (χ0) is 20.4. The van der Waals surface area contributed by atoms with Gasteiger partial charge in [-0.05, 0) is 41.4 Å². The Balaban J connectivity index is 1.61. The van der Waals surface area contributed by atoms with Crippen LogP contribution < -0.4 is 4.74 Å². The average Bonchev–Trinajstić information content (AvgIpc) is 2.92. The molecule has 1 aliphatic rings. The van der Waals surface area contributed by atoms with Gasteiger partial charge in [-0.1, -0.05) is 61.5 Å². The molecular weight excluding hydrogens is 375 g/mol. The van der Waals surface area contributed by atoms with Crippen molar-refractivity contribution in [2.45, 2.75) is 25.7 Å². The fraction of sp³-hybridized carbons (Fsp3) is 0.250. The fourth-order valence-electron chi connectivity index (χ4n) is 3.66. The molecule has 1 heterocycles. The first-order valence-corrected chi connectivity index (χ1v) is 9.68. The molecule has 4 rings (SSSR count). The van der Waals surface area contributed by atoms with Crippen molar-refractivity contribution in [2.24, 2.45) is 0 Å². The molecule has 0 spiro atoms. The van der Waals surface area contributed by atoms with Gasteiger partial charge in [0.25, 0.3) is 0 Å². The van der Waals surface area contributed by atoms with Crippen molar-refractivity contribution in [3.63, 3.8) is 0 Å². The topological polar surface area (TPSA) is 12.5 Å². The third-order valence-electron chi connectivity index (χ3n) is 5.31. The predicted molar refractivity (Wildman–Crippen MR) is 108 cm³/mol. The Hall–Kier alpha value is -2.79. The van der Waals surface area contributed by atoms with Gasteiger partial charge in [-0.25, -0.2) is 0 Å². The Labute approximate surface area is 168 Å². The summed E-state index contributed by atoms with van der Waals surface area (Å²) in [6.45, 7) is 4.64. The number of para-hydroxylation sites is 1. The van der Waals surface area contributed by atoms with E-state index in [9.17, 15) is 13.2 Å². The monoisotopic (exact) mass is 397 g/mol. The third kappa shape index (κ3) is 4.30. The van der Waals surface area contributed by atoms with E-state index in [1.54, 1.807) is 6.07 Å². The maximum Gasteiger partial charge on any atom is 0.416 e. The minimum Gasteiger partial charge on any atom is -0.484 e. The van der Waals surface area contributed by atoms with Crippen LogP contribution in [0.15, 0.2) is 72.8 Å². The molecule has 0 aromatic heterocycles. The van der Waals surface area contributed by atoms with Crippen LogP contribution >= 0.6 is 0 Å². The lowest BCUT2D eigenvalue weighted by Gasteiger charge is -2.23. The van der Waals surface area contributed by atoms with Gasteiger partial charge < -0.3 is 4.74 Å². The van der Waals surface area contributed by atoms with Crippen molar-refractivity contribution in [2.75, 3.05) is 13.1 Å². The van der Waals surface area contributed by atoms with E-state index in [0.717, 1.165) is 48.1 Å². The van der Waals surface area contributed by atoms with Crippen LogP contribution in [-0.4, -0.2) is 18.0 Å². The molecule has 1 atom stereocenters. The van der Waals surface area contributed by atoms with Crippen molar-refractivity contribution < 1.29 is 17.9 Å². The number of fused-ring (bicyclic) bond motifs is 1. The van der Waals surface area contributed by atoms with Gasteiger partial charge in [-0.15, -0.1) is 0 Å². The Morgan fingerprint density at radius 2 is 1.69 bits per heavy atom. The van der Waals surface area contributed by atoms with Crippen LogP contribution in [0.3, 0.4) is 0 Å². The number of nitrogens with zero attached hydrogens (tertiary/aromatic N) is 1. The maximum atomic E-state index is 13.0. The molecule has 29 heavy (non-hydrogen) atoms. The smallest absolute Gasteiger partial charge is 0.416 e. The summed E-state index contributed by atoms with van der Waals surface area (Å²) in [5.74, 6) is 0.885. The van der Waals surface area contributed by atoms with Crippen LogP contribution in [-0.2, 0) is 12.7 Å². The van der Waals surface area contributed by atoms with E-state index in [-0.39, 0.29) is 6.10 Å². The average molecular weight is 397 g/mol. The SMILES string of the molecule is CCN1Cc2ccccc2OC(c2ccc(-c3cccc(C(F)(F)F)c3)cc2)C1. The number of ether oxygens (including phenoxy) is 1. The molecule has 5 heteroatoms. The van der Waals surface area contributed by atoms with Crippen molar-refractivity contribution in [3.8, 4) is 16.9 Å². The summed E-state index contributed by atoms with van der Waals surface area (Å²) in [5.41, 5.74) is 2.84. The minimum absolute atomic E-state index is 0.130. The summed E-state index contributed by atoms with van der Waals surface area (Å²) in [6, 6.07) is 21.1. The van der Waals surface area contributed by atoms with Gasteiger partial charge in [0.1, 0.15) is 11.9 Å². The third-order valence-corrected chi connectivity index (χ3v) is 5.31. The van der Waals surface area contributed by atoms with Crippen molar-refractivity contribution >= 4 is 0 Å². The number of likely N-dealkylation sites (N-methyl/N-ethyl adjacent to an activating group) is 1. The minimum atomic E-state index is -4.35. The number of benzene rings is 3. The van der Waals surface area contributed by atoms with Crippen molar-refractivity contribution in [1.82, 2.24) is 4.90 Å². The molecular formula is C24H22F3NO. The van der Waals surface area contributed by atoms with Crippen molar-refractivity contribution in [3.05, 3.63) is 89.5 Å². The molecule has 0 aliphatic carbocycles. The molecule has 0 saturated carbocycles. The van der Waals surface area contributed by atoms with Crippen LogP contribution in [0.4, 0.5) is 13.2 Å². The van der Waals surface area contributed by atoms with Gasteiger partial charge in [-0.2, -0.15) is 13.2 Å². The predicted octanol–water partition coefficient (Wildman–Crippen LogP) is 6.33. The van der Waals surface area contributed by atoms with E-state index in [1.165, 1.54) is 12.1 Å². The first-order chi connectivity index (χ1) is 13.9. The zero-order valence-electron chi connectivity index (χ0n) is 16.1. The second-order valence-electron chi connectivity index (χ2n) is 7.24. The van der Waals surface area contributed by atoms with Gasteiger partial charge in [-0.3, -0.25) is 4.90 Å². The lowest BCUT2D eigenvalue weighted by molar-refractivity contribution is -0.137. The largest absolute Gasteiger partial charge is 0.484 e. The van der Waals surface area contributed by atoms with Gasteiger partial charge in [0.2, 0.25) is 0 Å². The Kier molecular flexibility index (Phi) is 5.33. The van der Waals surface area contributed by atoms with E-state index in [4.69, 9.17) is 4.74 Å². The first kappa shape index (κ1) is 19.5. The summed E-state index contributed by atoms with van der Waals surface area (Å²) in [5, 5.41) is 0. The molecule has 2 nitrogen and oxygen atoms in total. The molecule has 1 unspecified atom stereocenters. The van der Waals surface area contributed by atoms with Crippen LogP contribution in [0.25, 0.3) is 11.1 Å². The van der Waals surface area contributed by atoms with Crippen molar-refractivity contribution in [1.29, 1.82) is 0 Å². The molecule has 0 bridgehead atoms. The van der Waals surface area contributed by atoms with Crippen LogP contribution in [0.1, 0.15) is 29.7 Å². The highest BCUT2D eigenvalue weighted by Gasteiger charge is 2.30. The summed E-state index contributed by atoms with van der Waals surface area (Å²) in [7, 11) is 0. The van der Waals surface area contributed by atoms with Crippen LogP contribution in [0, 0.1) is 0 Å².